The molecule has 2 aromatic heterocycles. The molecule has 3 rings (SSSR count). The summed E-state index contributed by atoms with van der Waals surface area (Å²) in [7, 11) is 3.69. The number of rotatable bonds is 8. The number of aryl methyl sites for hydroxylation is 1. The normalized spacial score (nSPS) is 15.0. The topological polar surface area (TPSA) is 61.9 Å². The van der Waals surface area contributed by atoms with Crippen LogP contribution in [0.4, 0.5) is 8.78 Å². The molecular weight excluding hydrogens is 410 g/mol. The van der Waals surface area contributed by atoms with E-state index < -0.39 is 5.92 Å². The third-order valence-corrected chi connectivity index (χ3v) is 6.17. The molecular formula is C25H30F2N4O. The molecule has 0 N–H and O–H groups in total. The van der Waals surface area contributed by atoms with Crippen LogP contribution in [0.25, 0.3) is 11.0 Å². The fraction of sp³-hybridized carbons (Fsp3) is 0.560. The highest BCUT2D eigenvalue weighted by atomic mass is 19.3. The number of fused-ring (bicyclic) bond motifs is 1. The average Bonchev–Trinajstić information content (AvgIpc) is 3.03. The molecule has 1 aliphatic carbocycles. The quantitative estimate of drug-likeness (QED) is 0.425. The van der Waals surface area contributed by atoms with E-state index in [1.165, 1.54) is 6.20 Å². The first kappa shape index (κ1) is 23.7. The number of pyridine rings is 1. The highest BCUT2D eigenvalue weighted by Gasteiger charge is 2.44. The standard InChI is InChI=1S/C25H30F2N4O/c1-4-30(2)24(32)22-20-13-19(16-28)17-29-23(20)31(3)21(22)12-10-8-6-5-7-9-11-18-14-25(26,27)15-18/h13,17-18H,4-8,10,12,14-15H2,1-3H3. The summed E-state index contributed by atoms with van der Waals surface area (Å²) in [4.78, 5) is 19.2. The molecule has 170 valence electrons. The van der Waals surface area contributed by atoms with Gasteiger partial charge in [0.05, 0.1) is 11.1 Å². The molecule has 7 heteroatoms. The Bertz CT molecular complexity index is 1080. The Morgan fingerprint density at radius 2 is 2.03 bits per heavy atom. The molecule has 0 unspecified atom stereocenters. The Hall–Kier alpha value is -2.93. The van der Waals surface area contributed by atoms with Gasteiger partial charge in [-0.2, -0.15) is 5.26 Å². The van der Waals surface area contributed by atoms with Crippen molar-refractivity contribution in [1.29, 1.82) is 5.26 Å². The number of unbranched alkanes of at least 4 members (excludes halogenated alkanes) is 4. The lowest BCUT2D eigenvalue weighted by Crippen LogP contribution is -2.34. The fourth-order valence-corrected chi connectivity index (χ4v) is 4.13. The Balaban J connectivity index is 1.60. The van der Waals surface area contributed by atoms with Crippen molar-refractivity contribution in [1.82, 2.24) is 14.5 Å². The van der Waals surface area contributed by atoms with E-state index in [4.69, 9.17) is 0 Å². The Morgan fingerprint density at radius 3 is 2.69 bits per heavy atom. The molecule has 0 spiro atoms. The van der Waals surface area contributed by atoms with Gasteiger partial charge in [-0.25, -0.2) is 13.8 Å². The van der Waals surface area contributed by atoms with Crippen LogP contribution in [-0.2, 0) is 13.5 Å². The van der Waals surface area contributed by atoms with Gasteiger partial charge >= 0.3 is 0 Å². The molecule has 2 aromatic rings. The van der Waals surface area contributed by atoms with E-state index in [-0.39, 0.29) is 24.7 Å². The number of hydrogen-bond donors (Lipinski definition) is 0. The van der Waals surface area contributed by atoms with Gasteiger partial charge in [-0.3, -0.25) is 4.79 Å². The zero-order chi connectivity index (χ0) is 23.3. The molecule has 5 nitrogen and oxygen atoms in total. The third-order valence-electron chi connectivity index (χ3n) is 6.17. The summed E-state index contributed by atoms with van der Waals surface area (Å²) in [5.74, 6) is 3.31. The predicted octanol–water partition coefficient (Wildman–Crippen LogP) is 5.08. The van der Waals surface area contributed by atoms with Crippen LogP contribution >= 0.6 is 0 Å². The van der Waals surface area contributed by atoms with Gasteiger partial charge in [0, 0.05) is 63.1 Å². The second-order valence-corrected chi connectivity index (χ2v) is 8.60. The summed E-state index contributed by atoms with van der Waals surface area (Å²) in [6, 6.07) is 3.86. The number of nitrogens with zero attached hydrogens (tertiary/aromatic N) is 4. The van der Waals surface area contributed by atoms with E-state index in [0.29, 0.717) is 23.3 Å². The molecule has 0 aromatic carbocycles. The van der Waals surface area contributed by atoms with Gasteiger partial charge in [0.15, 0.2) is 0 Å². The lowest BCUT2D eigenvalue weighted by atomic mass is 9.82. The van der Waals surface area contributed by atoms with Crippen molar-refractivity contribution in [2.75, 3.05) is 13.6 Å². The molecule has 2 heterocycles. The van der Waals surface area contributed by atoms with Gasteiger partial charge in [-0.15, -0.1) is 5.92 Å². The van der Waals surface area contributed by atoms with E-state index in [9.17, 15) is 18.8 Å². The highest BCUT2D eigenvalue weighted by molar-refractivity contribution is 6.07. The molecule has 1 aliphatic rings. The smallest absolute Gasteiger partial charge is 0.256 e. The number of carbonyl (C=O) groups is 1. The number of halogens is 2. The van der Waals surface area contributed by atoms with Crippen molar-refractivity contribution in [2.24, 2.45) is 13.0 Å². The number of hydrogen-bond acceptors (Lipinski definition) is 3. The van der Waals surface area contributed by atoms with Crippen LogP contribution < -0.4 is 0 Å². The van der Waals surface area contributed by atoms with Gasteiger partial charge in [0.25, 0.3) is 11.8 Å². The summed E-state index contributed by atoms with van der Waals surface area (Å²) in [6.07, 6.45) is 6.71. The summed E-state index contributed by atoms with van der Waals surface area (Å²) in [5, 5.41) is 9.98. The van der Waals surface area contributed by atoms with Crippen LogP contribution in [0.15, 0.2) is 12.3 Å². The monoisotopic (exact) mass is 440 g/mol. The number of amides is 1. The van der Waals surface area contributed by atoms with Gasteiger partial charge in [-0.05, 0) is 32.3 Å². The van der Waals surface area contributed by atoms with Crippen molar-refractivity contribution >= 4 is 16.9 Å². The van der Waals surface area contributed by atoms with E-state index in [1.807, 2.05) is 18.5 Å². The maximum Gasteiger partial charge on any atom is 0.256 e. The third kappa shape index (κ3) is 5.27. The number of alkyl halides is 2. The van der Waals surface area contributed by atoms with Gasteiger partial charge < -0.3 is 9.47 Å². The van der Waals surface area contributed by atoms with E-state index in [0.717, 1.165) is 49.6 Å². The van der Waals surface area contributed by atoms with E-state index in [2.05, 4.69) is 22.9 Å². The molecule has 0 bridgehead atoms. The number of carbonyl (C=O) groups excluding carboxylic acids is 1. The molecule has 1 saturated carbocycles. The number of nitriles is 1. The van der Waals surface area contributed by atoms with Crippen LogP contribution in [0.1, 0.15) is 73.5 Å². The minimum Gasteiger partial charge on any atom is -0.342 e. The predicted molar refractivity (Wildman–Crippen MR) is 120 cm³/mol. The lowest BCUT2D eigenvalue weighted by Gasteiger charge is -2.31. The van der Waals surface area contributed by atoms with Crippen molar-refractivity contribution in [2.45, 2.75) is 64.2 Å². The first-order chi connectivity index (χ1) is 15.3. The average molecular weight is 441 g/mol. The maximum atomic E-state index is 13.1. The van der Waals surface area contributed by atoms with Crippen LogP contribution in [0.5, 0.6) is 0 Å². The van der Waals surface area contributed by atoms with E-state index in [1.54, 1.807) is 18.0 Å². The largest absolute Gasteiger partial charge is 0.342 e. The molecule has 0 aliphatic heterocycles. The minimum atomic E-state index is -2.50. The van der Waals surface area contributed by atoms with E-state index >= 15 is 0 Å². The highest BCUT2D eigenvalue weighted by Crippen LogP contribution is 2.41. The minimum absolute atomic E-state index is 0.0539. The van der Waals surface area contributed by atoms with Crippen molar-refractivity contribution in [3.8, 4) is 17.9 Å². The molecule has 0 radical (unpaired) electrons. The Morgan fingerprint density at radius 1 is 1.31 bits per heavy atom. The second kappa shape index (κ2) is 10.1. The molecule has 0 atom stereocenters. The van der Waals surface area contributed by atoms with Gasteiger partial charge in [-0.1, -0.05) is 18.8 Å². The van der Waals surface area contributed by atoms with Gasteiger partial charge in [0.1, 0.15) is 11.7 Å². The molecule has 32 heavy (non-hydrogen) atoms. The number of aromatic nitrogens is 2. The fourth-order valence-electron chi connectivity index (χ4n) is 4.13. The summed E-state index contributed by atoms with van der Waals surface area (Å²) < 4.78 is 27.6. The Labute approximate surface area is 188 Å². The summed E-state index contributed by atoms with van der Waals surface area (Å²) >= 11 is 0. The van der Waals surface area contributed by atoms with Crippen molar-refractivity contribution < 1.29 is 13.6 Å². The van der Waals surface area contributed by atoms with Gasteiger partial charge in [0.2, 0.25) is 0 Å². The lowest BCUT2D eigenvalue weighted by molar-refractivity contribution is -0.0936. The second-order valence-electron chi connectivity index (χ2n) is 8.60. The zero-order valence-corrected chi connectivity index (χ0v) is 19.0. The van der Waals surface area contributed by atoms with Crippen LogP contribution in [-0.4, -0.2) is 39.9 Å². The molecule has 0 saturated heterocycles. The van der Waals surface area contributed by atoms with Crippen molar-refractivity contribution in [3.63, 3.8) is 0 Å². The SMILES string of the molecule is CCN(C)C(=O)c1c(CCCCCCC#CC2CC(F)(F)C2)n(C)c2ncc(C#N)cc12. The summed E-state index contributed by atoms with van der Waals surface area (Å²) in [6.45, 7) is 2.53. The molecule has 1 amide bonds. The van der Waals surface area contributed by atoms with Crippen LogP contribution in [0.2, 0.25) is 0 Å². The van der Waals surface area contributed by atoms with Crippen LogP contribution in [0.3, 0.4) is 0 Å². The van der Waals surface area contributed by atoms with Crippen LogP contribution in [0, 0.1) is 29.1 Å². The summed E-state index contributed by atoms with van der Waals surface area (Å²) in [5.41, 5.74) is 2.73. The first-order valence-electron chi connectivity index (χ1n) is 11.3. The zero-order valence-electron chi connectivity index (χ0n) is 19.0. The molecule has 1 fully saturated rings. The maximum absolute atomic E-state index is 13.1. The Kier molecular flexibility index (Phi) is 7.51. The van der Waals surface area contributed by atoms with Crippen molar-refractivity contribution in [3.05, 3.63) is 29.1 Å². The first-order valence-corrected chi connectivity index (χ1v) is 11.3.